The molecule has 0 fully saturated rings. The molecular weight excluding hydrogens is 479 g/mol. The number of nitrogens with one attached hydrogen (secondary N) is 2. The summed E-state index contributed by atoms with van der Waals surface area (Å²) in [5, 5.41) is 2.69. The lowest BCUT2D eigenvalue weighted by Gasteiger charge is -2.11. The highest BCUT2D eigenvalue weighted by molar-refractivity contribution is 7.92. The summed E-state index contributed by atoms with van der Waals surface area (Å²) in [6.07, 6.45) is -0.0342. The van der Waals surface area contributed by atoms with E-state index < -0.39 is 27.8 Å². The average Bonchev–Trinajstić information content (AvgIpc) is 2.80. The average molecular weight is 504 g/mol. The van der Waals surface area contributed by atoms with Crippen molar-refractivity contribution in [2.75, 3.05) is 11.0 Å². The van der Waals surface area contributed by atoms with Gasteiger partial charge in [0.15, 0.2) is 0 Å². The fourth-order valence-electron chi connectivity index (χ4n) is 3.25. The van der Waals surface area contributed by atoms with Gasteiger partial charge in [-0.15, -0.1) is 0 Å². The van der Waals surface area contributed by atoms with E-state index in [0.717, 1.165) is 23.4 Å². The zero-order chi connectivity index (χ0) is 25.5. The van der Waals surface area contributed by atoms with Crippen LogP contribution >= 0.6 is 0 Å². The number of aromatic nitrogens is 1. The van der Waals surface area contributed by atoms with Gasteiger partial charge in [-0.25, -0.2) is 13.4 Å². The van der Waals surface area contributed by atoms with Crippen LogP contribution < -0.4 is 10.0 Å². The number of amides is 1. The van der Waals surface area contributed by atoms with E-state index in [4.69, 9.17) is 0 Å². The number of carbonyl (C=O) groups excluding carboxylic acids is 1. The van der Waals surface area contributed by atoms with Gasteiger partial charge in [0.1, 0.15) is 5.69 Å². The van der Waals surface area contributed by atoms with Crippen LogP contribution in [0.3, 0.4) is 0 Å². The second-order valence-corrected chi connectivity index (χ2v) is 9.59. The molecule has 2 aromatic carbocycles. The molecule has 1 aromatic heterocycles. The maximum atomic E-state index is 13.2. The maximum Gasteiger partial charge on any atom is 0.433 e. The lowest BCUT2D eigenvalue weighted by atomic mass is 10.0. The topological polar surface area (TPSA) is 88.2 Å². The summed E-state index contributed by atoms with van der Waals surface area (Å²) in [7, 11) is -3.38. The van der Waals surface area contributed by atoms with Crippen molar-refractivity contribution in [1.82, 2.24) is 10.3 Å². The molecule has 1 heterocycles. The first kappa shape index (κ1) is 26.0. The van der Waals surface area contributed by atoms with Crippen LogP contribution in [0, 0.1) is 0 Å². The molecule has 184 valence electrons. The van der Waals surface area contributed by atoms with Gasteiger partial charge in [-0.2, -0.15) is 13.2 Å². The minimum Gasteiger partial charge on any atom is -0.348 e. The highest BCUT2D eigenvalue weighted by Gasteiger charge is 2.32. The highest BCUT2D eigenvalue weighted by atomic mass is 32.2. The fourth-order valence-corrected chi connectivity index (χ4v) is 3.81. The van der Waals surface area contributed by atoms with Gasteiger partial charge >= 0.3 is 6.18 Å². The van der Waals surface area contributed by atoms with Gasteiger partial charge in [-0.3, -0.25) is 9.52 Å². The Balaban J connectivity index is 1.66. The van der Waals surface area contributed by atoms with E-state index in [-0.39, 0.29) is 18.7 Å². The van der Waals surface area contributed by atoms with Crippen LogP contribution in [0.5, 0.6) is 0 Å². The van der Waals surface area contributed by atoms with Gasteiger partial charge in [0.2, 0.25) is 15.9 Å². The number of hydrogen-bond donors (Lipinski definition) is 2. The van der Waals surface area contributed by atoms with Crippen molar-refractivity contribution in [3.8, 4) is 0 Å². The molecule has 0 spiro atoms. The molecule has 2 N–H and O–H groups in total. The van der Waals surface area contributed by atoms with Crippen molar-refractivity contribution in [1.29, 1.82) is 0 Å². The van der Waals surface area contributed by atoms with Crippen molar-refractivity contribution in [2.24, 2.45) is 0 Å². The standard InChI is InChI=1S/C25H24F3N3O3S/c1-35(33,34)31-21-12-7-19(8-13-21)17-29-24(32)16-11-20-10-15-23(25(26,27)28)30-22(20)14-9-18-5-3-2-4-6-18/h2-8,10-13,15-16,31H,9,14,17H2,1H3,(H,29,32)/b16-11-. The first-order chi connectivity index (χ1) is 16.5. The van der Waals surface area contributed by atoms with Crippen LogP contribution in [0.1, 0.15) is 28.1 Å². The van der Waals surface area contributed by atoms with E-state index in [2.05, 4.69) is 15.0 Å². The molecule has 0 atom stereocenters. The van der Waals surface area contributed by atoms with Gasteiger partial charge in [-0.05, 0) is 53.8 Å². The Bertz CT molecular complexity index is 1290. The summed E-state index contributed by atoms with van der Waals surface area (Å²) in [4.78, 5) is 16.1. The number of alkyl halides is 3. The van der Waals surface area contributed by atoms with E-state index in [1.807, 2.05) is 30.3 Å². The number of rotatable bonds is 9. The summed E-state index contributed by atoms with van der Waals surface area (Å²) < 4.78 is 64.4. The lowest BCUT2D eigenvalue weighted by molar-refractivity contribution is -0.141. The number of hydrogen-bond acceptors (Lipinski definition) is 4. The zero-order valence-corrected chi connectivity index (χ0v) is 19.7. The van der Waals surface area contributed by atoms with Gasteiger partial charge in [-0.1, -0.05) is 48.5 Å². The number of pyridine rings is 1. The Morgan fingerprint density at radius 1 is 0.943 bits per heavy atom. The van der Waals surface area contributed by atoms with Crippen molar-refractivity contribution in [3.05, 3.63) is 101 Å². The van der Waals surface area contributed by atoms with Gasteiger partial charge < -0.3 is 5.32 Å². The monoisotopic (exact) mass is 503 g/mol. The lowest BCUT2D eigenvalue weighted by Crippen LogP contribution is -2.20. The Morgan fingerprint density at radius 2 is 1.63 bits per heavy atom. The molecule has 0 saturated carbocycles. The molecule has 10 heteroatoms. The van der Waals surface area contributed by atoms with E-state index in [1.54, 1.807) is 24.3 Å². The minimum absolute atomic E-state index is 0.189. The Kier molecular flexibility index (Phi) is 8.29. The van der Waals surface area contributed by atoms with E-state index in [0.29, 0.717) is 17.7 Å². The van der Waals surface area contributed by atoms with Crippen LogP contribution in [0.2, 0.25) is 0 Å². The normalized spacial score (nSPS) is 12.0. The second-order valence-electron chi connectivity index (χ2n) is 7.84. The third-order valence-corrected chi connectivity index (χ3v) is 5.54. The van der Waals surface area contributed by atoms with Crippen molar-refractivity contribution < 1.29 is 26.4 Å². The highest BCUT2D eigenvalue weighted by Crippen LogP contribution is 2.29. The SMILES string of the molecule is CS(=O)(=O)Nc1ccc(CNC(=O)/C=C\c2ccc(C(F)(F)F)nc2CCc2ccccc2)cc1. The quantitative estimate of drug-likeness (QED) is 0.418. The van der Waals surface area contributed by atoms with E-state index in [1.165, 1.54) is 18.2 Å². The smallest absolute Gasteiger partial charge is 0.348 e. The summed E-state index contributed by atoms with van der Waals surface area (Å²) in [6, 6.07) is 18.0. The van der Waals surface area contributed by atoms with Crippen LogP contribution in [0.25, 0.3) is 6.08 Å². The first-order valence-electron chi connectivity index (χ1n) is 10.6. The van der Waals surface area contributed by atoms with Crippen LogP contribution in [0.4, 0.5) is 18.9 Å². The molecule has 3 aromatic rings. The van der Waals surface area contributed by atoms with Gasteiger partial charge in [0.05, 0.1) is 6.26 Å². The number of halogens is 3. The van der Waals surface area contributed by atoms with Crippen LogP contribution in [0.15, 0.2) is 72.8 Å². The van der Waals surface area contributed by atoms with Crippen LogP contribution in [-0.4, -0.2) is 25.6 Å². The number of benzene rings is 2. The third-order valence-electron chi connectivity index (χ3n) is 4.93. The van der Waals surface area contributed by atoms with Crippen molar-refractivity contribution in [2.45, 2.75) is 25.6 Å². The number of sulfonamides is 1. The zero-order valence-electron chi connectivity index (χ0n) is 18.8. The Labute approximate surface area is 202 Å². The number of anilines is 1. The molecular formula is C25H24F3N3O3S. The fraction of sp³-hybridized carbons (Fsp3) is 0.200. The molecule has 0 bridgehead atoms. The summed E-state index contributed by atoms with van der Waals surface area (Å²) in [6.45, 7) is 0.189. The molecule has 0 unspecified atom stereocenters. The largest absolute Gasteiger partial charge is 0.433 e. The van der Waals surface area contributed by atoms with Crippen molar-refractivity contribution >= 4 is 27.7 Å². The molecule has 6 nitrogen and oxygen atoms in total. The number of nitrogens with zero attached hydrogens (tertiary/aromatic N) is 1. The first-order valence-corrected chi connectivity index (χ1v) is 12.5. The van der Waals surface area contributed by atoms with Crippen molar-refractivity contribution in [3.63, 3.8) is 0 Å². The molecule has 0 radical (unpaired) electrons. The number of aryl methyl sites for hydroxylation is 2. The Hall–Kier alpha value is -3.66. The van der Waals surface area contributed by atoms with E-state index in [9.17, 15) is 26.4 Å². The van der Waals surface area contributed by atoms with E-state index >= 15 is 0 Å². The molecule has 35 heavy (non-hydrogen) atoms. The van der Waals surface area contributed by atoms with Gasteiger partial charge in [0.25, 0.3) is 0 Å². The molecule has 0 aliphatic carbocycles. The summed E-state index contributed by atoms with van der Waals surface area (Å²) in [5.74, 6) is -0.433. The minimum atomic E-state index is -4.56. The predicted octanol–water partition coefficient (Wildman–Crippen LogP) is 4.59. The summed E-state index contributed by atoms with van der Waals surface area (Å²) in [5.41, 5.74) is 1.82. The maximum absolute atomic E-state index is 13.2. The molecule has 3 rings (SSSR count). The molecule has 0 aliphatic rings. The third kappa shape index (κ3) is 8.56. The van der Waals surface area contributed by atoms with Crippen LogP contribution in [-0.2, 0) is 40.4 Å². The Morgan fingerprint density at radius 3 is 2.26 bits per heavy atom. The molecule has 1 amide bonds. The summed E-state index contributed by atoms with van der Waals surface area (Å²) >= 11 is 0. The molecule has 0 saturated heterocycles. The molecule has 0 aliphatic heterocycles. The predicted molar refractivity (Wildman–Crippen MR) is 129 cm³/mol. The number of carbonyl (C=O) groups is 1. The second kappa shape index (κ2) is 11.2. The van der Waals surface area contributed by atoms with Gasteiger partial charge in [0, 0.05) is 24.0 Å².